The second-order valence-electron chi connectivity index (χ2n) is 8.33. The molecule has 5 heteroatoms. The highest BCUT2D eigenvalue weighted by atomic mass is 16.6. The molecule has 2 aliphatic rings. The molecule has 1 N–H and O–H groups in total. The molecule has 2 fully saturated rings. The summed E-state index contributed by atoms with van der Waals surface area (Å²) < 4.78 is 5.45. The lowest BCUT2D eigenvalue weighted by Crippen LogP contribution is -2.41. The van der Waals surface area contributed by atoms with E-state index in [0.29, 0.717) is 5.92 Å². The number of likely N-dealkylation sites (tertiary alicyclic amines) is 1. The highest BCUT2D eigenvalue weighted by Crippen LogP contribution is 2.42. The third kappa shape index (κ3) is 3.54. The van der Waals surface area contributed by atoms with E-state index in [1.54, 1.807) is 0 Å². The van der Waals surface area contributed by atoms with Crippen molar-refractivity contribution in [2.45, 2.75) is 76.7 Å². The predicted octanol–water partition coefficient (Wildman–Crippen LogP) is 3.97. The maximum Gasteiger partial charge on any atom is 0.410 e. The topological polar surface area (TPSA) is 58.2 Å². The minimum Gasteiger partial charge on any atom is -0.444 e. The number of aromatic amines is 1. The van der Waals surface area contributed by atoms with Gasteiger partial charge in [-0.15, -0.1) is 0 Å². The maximum atomic E-state index is 12.1. The molecule has 1 saturated heterocycles. The van der Waals surface area contributed by atoms with Crippen molar-refractivity contribution in [3.63, 3.8) is 0 Å². The minimum atomic E-state index is -0.429. The first-order chi connectivity index (χ1) is 10.8. The van der Waals surface area contributed by atoms with Crippen LogP contribution in [0.4, 0.5) is 4.79 Å². The standard InChI is InChI=1S/C18H29N3O2/c1-17(2,3)23-16(22)21-10-6-13(7-11-21)15-19-12-14(20-15)18(4)8-5-9-18/h12-13H,5-11H2,1-4H3,(H,19,20). The van der Waals surface area contributed by atoms with Gasteiger partial charge in [0.1, 0.15) is 11.4 Å². The van der Waals surface area contributed by atoms with Crippen molar-refractivity contribution in [1.82, 2.24) is 14.9 Å². The van der Waals surface area contributed by atoms with E-state index >= 15 is 0 Å². The van der Waals surface area contributed by atoms with Gasteiger partial charge in [0.25, 0.3) is 0 Å². The summed E-state index contributed by atoms with van der Waals surface area (Å²) in [5, 5.41) is 0. The quantitative estimate of drug-likeness (QED) is 0.897. The molecule has 0 bridgehead atoms. The fraction of sp³-hybridized carbons (Fsp3) is 0.778. The van der Waals surface area contributed by atoms with E-state index in [2.05, 4.69) is 18.1 Å². The van der Waals surface area contributed by atoms with Crippen molar-refractivity contribution >= 4 is 6.09 Å². The number of imidazole rings is 1. The van der Waals surface area contributed by atoms with Gasteiger partial charge in [0, 0.05) is 30.6 Å². The Bertz CT molecular complexity index is 561. The number of H-pyrrole nitrogens is 1. The molecule has 0 unspecified atom stereocenters. The smallest absolute Gasteiger partial charge is 0.410 e. The fourth-order valence-electron chi connectivity index (χ4n) is 3.48. The SMILES string of the molecule is CC(C)(C)OC(=O)N1CCC(c2nc(C3(C)CCC3)c[nH]2)CC1. The highest BCUT2D eigenvalue weighted by molar-refractivity contribution is 5.68. The number of hydrogen-bond acceptors (Lipinski definition) is 3. The Hall–Kier alpha value is -1.52. The van der Waals surface area contributed by atoms with Crippen LogP contribution in [0.2, 0.25) is 0 Å². The Morgan fingerprint density at radius 3 is 2.52 bits per heavy atom. The number of nitrogens with zero attached hydrogens (tertiary/aromatic N) is 2. The third-order valence-electron chi connectivity index (χ3n) is 5.21. The van der Waals surface area contributed by atoms with Crippen LogP contribution in [0.5, 0.6) is 0 Å². The van der Waals surface area contributed by atoms with Crippen molar-refractivity contribution in [2.24, 2.45) is 0 Å². The molecule has 128 valence electrons. The van der Waals surface area contributed by atoms with Gasteiger partial charge < -0.3 is 14.6 Å². The molecular formula is C18H29N3O2. The van der Waals surface area contributed by atoms with E-state index in [0.717, 1.165) is 31.8 Å². The van der Waals surface area contributed by atoms with E-state index in [9.17, 15) is 4.79 Å². The monoisotopic (exact) mass is 319 g/mol. The molecule has 1 amide bonds. The van der Waals surface area contributed by atoms with Crippen LogP contribution in [-0.2, 0) is 10.2 Å². The Kier molecular flexibility index (Phi) is 4.15. The van der Waals surface area contributed by atoms with Crippen LogP contribution >= 0.6 is 0 Å². The number of nitrogens with one attached hydrogen (secondary N) is 1. The number of rotatable bonds is 2. The average Bonchev–Trinajstić information content (AvgIpc) is 2.93. The number of amides is 1. The lowest BCUT2D eigenvalue weighted by molar-refractivity contribution is 0.0203. The van der Waals surface area contributed by atoms with E-state index in [4.69, 9.17) is 9.72 Å². The van der Waals surface area contributed by atoms with Gasteiger partial charge in [0.05, 0.1) is 5.69 Å². The molecule has 1 aromatic heterocycles. The molecule has 0 spiro atoms. The van der Waals surface area contributed by atoms with Crippen molar-refractivity contribution in [3.8, 4) is 0 Å². The molecule has 1 saturated carbocycles. The zero-order valence-electron chi connectivity index (χ0n) is 14.8. The second-order valence-corrected chi connectivity index (χ2v) is 8.33. The number of ether oxygens (including phenoxy) is 1. The highest BCUT2D eigenvalue weighted by Gasteiger charge is 2.36. The molecule has 2 heterocycles. The zero-order chi connectivity index (χ0) is 16.7. The lowest BCUT2D eigenvalue weighted by atomic mass is 9.68. The van der Waals surface area contributed by atoms with Crippen LogP contribution in [0.3, 0.4) is 0 Å². The van der Waals surface area contributed by atoms with Gasteiger partial charge in [0.15, 0.2) is 0 Å². The van der Waals surface area contributed by atoms with Crippen LogP contribution in [0, 0.1) is 0 Å². The largest absolute Gasteiger partial charge is 0.444 e. The summed E-state index contributed by atoms with van der Waals surface area (Å²) in [4.78, 5) is 22.2. The van der Waals surface area contributed by atoms with Gasteiger partial charge in [0.2, 0.25) is 0 Å². The van der Waals surface area contributed by atoms with Crippen molar-refractivity contribution in [2.75, 3.05) is 13.1 Å². The summed E-state index contributed by atoms with van der Waals surface area (Å²) in [7, 11) is 0. The van der Waals surface area contributed by atoms with E-state index in [1.165, 1.54) is 25.0 Å². The van der Waals surface area contributed by atoms with Crippen LogP contribution in [0.1, 0.15) is 77.2 Å². The van der Waals surface area contributed by atoms with E-state index < -0.39 is 5.60 Å². The first-order valence-electron chi connectivity index (χ1n) is 8.81. The molecule has 5 nitrogen and oxygen atoms in total. The Labute approximate surface area is 138 Å². The zero-order valence-corrected chi connectivity index (χ0v) is 14.8. The fourth-order valence-corrected chi connectivity index (χ4v) is 3.48. The molecule has 3 rings (SSSR count). The van der Waals surface area contributed by atoms with Gasteiger partial charge >= 0.3 is 6.09 Å². The van der Waals surface area contributed by atoms with Crippen LogP contribution in [0.25, 0.3) is 0 Å². The number of carbonyl (C=O) groups is 1. The number of piperidine rings is 1. The maximum absolute atomic E-state index is 12.1. The summed E-state index contributed by atoms with van der Waals surface area (Å²) in [5.74, 6) is 1.52. The van der Waals surface area contributed by atoms with Crippen LogP contribution < -0.4 is 0 Å². The molecule has 1 aliphatic heterocycles. The summed E-state index contributed by atoms with van der Waals surface area (Å²) in [5.41, 5.74) is 1.07. The normalized spacial score (nSPS) is 21.8. The van der Waals surface area contributed by atoms with Crippen molar-refractivity contribution in [3.05, 3.63) is 17.7 Å². The van der Waals surface area contributed by atoms with Crippen molar-refractivity contribution in [1.29, 1.82) is 0 Å². The molecule has 0 radical (unpaired) electrons. The summed E-state index contributed by atoms with van der Waals surface area (Å²) in [6.45, 7) is 9.51. The molecular weight excluding hydrogens is 290 g/mol. The summed E-state index contributed by atoms with van der Waals surface area (Å²) >= 11 is 0. The number of aromatic nitrogens is 2. The van der Waals surface area contributed by atoms with Gasteiger partial charge in [-0.1, -0.05) is 13.3 Å². The lowest BCUT2D eigenvalue weighted by Gasteiger charge is -2.36. The van der Waals surface area contributed by atoms with Gasteiger partial charge in [-0.25, -0.2) is 9.78 Å². The van der Waals surface area contributed by atoms with Gasteiger partial charge in [-0.3, -0.25) is 0 Å². The van der Waals surface area contributed by atoms with Gasteiger partial charge in [-0.05, 0) is 46.5 Å². The predicted molar refractivity (Wildman–Crippen MR) is 89.6 cm³/mol. The van der Waals surface area contributed by atoms with Crippen molar-refractivity contribution < 1.29 is 9.53 Å². The summed E-state index contributed by atoms with van der Waals surface area (Å²) in [6, 6.07) is 0. The first-order valence-corrected chi connectivity index (χ1v) is 8.81. The molecule has 1 aromatic rings. The van der Waals surface area contributed by atoms with Crippen LogP contribution in [0.15, 0.2) is 6.20 Å². The number of hydrogen-bond donors (Lipinski definition) is 1. The first kappa shape index (κ1) is 16.3. The number of carbonyl (C=O) groups excluding carboxylic acids is 1. The molecule has 0 atom stereocenters. The summed E-state index contributed by atoms with van der Waals surface area (Å²) in [6.07, 6.45) is 7.59. The average molecular weight is 319 g/mol. The van der Waals surface area contributed by atoms with Gasteiger partial charge in [-0.2, -0.15) is 0 Å². The molecule has 23 heavy (non-hydrogen) atoms. The third-order valence-corrected chi connectivity index (χ3v) is 5.21. The Balaban J connectivity index is 1.56. The van der Waals surface area contributed by atoms with E-state index in [1.807, 2.05) is 25.7 Å². The van der Waals surface area contributed by atoms with E-state index in [-0.39, 0.29) is 11.5 Å². The Morgan fingerprint density at radius 1 is 1.35 bits per heavy atom. The van der Waals surface area contributed by atoms with Crippen LogP contribution in [-0.4, -0.2) is 39.7 Å². The minimum absolute atomic E-state index is 0.196. The Morgan fingerprint density at radius 2 is 2.00 bits per heavy atom. The molecule has 1 aliphatic carbocycles. The second kappa shape index (κ2) is 5.84. The molecule has 0 aromatic carbocycles.